The summed E-state index contributed by atoms with van der Waals surface area (Å²) in [5, 5.41) is 4.00. The summed E-state index contributed by atoms with van der Waals surface area (Å²) < 4.78 is 4.02. The molecule has 5 aromatic carbocycles. The van der Waals surface area contributed by atoms with E-state index < -0.39 is 0 Å². The van der Waals surface area contributed by atoms with E-state index in [9.17, 15) is 0 Å². The molecular formula is C39H26IN2-. The molecule has 2 aliphatic heterocycles. The van der Waals surface area contributed by atoms with Crippen LogP contribution in [-0.2, 0) is 0 Å². The summed E-state index contributed by atoms with van der Waals surface area (Å²) in [7, 11) is 0. The van der Waals surface area contributed by atoms with E-state index in [1.807, 2.05) is 0 Å². The molecule has 1 saturated heterocycles. The standard InChI is InChI=1S/C39H26IN2/c1-2-7-26(8-3-1)42-35-20-17-25(21-33(35)38-39(42)37-34(40-37)22-41-38)23-13-15-24(16-14-23)27-18-19-32-29-10-5-4-9-28(29)31-12-6-11-30(27)36(31)32/h1-2,4-7,9-22,34,37H,3,8H2/q-1/t34-,37?/m1/s1. The number of nitrogens with zero attached hydrogens (tertiary/aromatic N) is 2. The van der Waals surface area contributed by atoms with E-state index in [0.717, 1.165) is 20.7 Å². The van der Waals surface area contributed by atoms with Crippen molar-refractivity contribution in [2.45, 2.75) is 20.7 Å². The predicted molar refractivity (Wildman–Crippen MR) is 172 cm³/mol. The molecule has 0 radical (unpaired) electrons. The first-order valence-corrected chi connectivity index (χ1v) is 17.3. The summed E-state index contributed by atoms with van der Waals surface area (Å²) in [5.74, 6) is 0. The molecule has 3 heteroatoms. The Kier molecular flexibility index (Phi) is 4.81. The minimum absolute atomic E-state index is 0.183. The van der Waals surface area contributed by atoms with Crippen molar-refractivity contribution >= 4 is 39.3 Å². The van der Waals surface area contributed by atoms with Gasteiger partial charge in [0, 0.05) is 0 Å². The van der Waals surface area contributed by atoms with Crippen LogP contribution in [0.25, 0.3) is 71.9 Å². The Labute approximate surface area is 255 Å². The van der Waals surface area contributed by atoms with Crippen molar-refractivity contribution in [3.8, 4) is 44.5 Å². The summed E-state index contributed by atoms with van der Waals surface area (Å²) in [6, 6.07) is 36.4. The molecule has 0 spiro atoms. The van der Waals surface area contributed by atoms with Gasteiger partial charge in [-0.15, -0.1) is 0 Å². The molecular weight excluding hydrogens is 623 g/mol. The molecule has 1 unspecified atom stereocenters. The topological polar surface area (TPSA) is 17.3 Å². The zero-order chi connectivity index (χ0) is 27.4. The van der Waals surface area contributed by atoms with E-state index in [1.165, 1.54) is 83.3 Å². The Bertz CT molecular complexity index is 2200. The molecule has 2 nitrogen and oxygen atoms in total. The molecule has 0 N–H and O–H groups in total. The van der Waals surface area contributed by atoms with Gasteiger partial charge in [0.05, 0.1) is 0 Å². The molecule has 4 aliphatic rings. The third kappa shape index (κ3) is 3.23. The average molecular weight is 650 g/mol. The molecule has 200 valence electrons. The van der Waals surface area contributed by atoms with Crippen LogP contribution in [0.1, 0.15) is 22.5 Å². The SMILES string of the molecule is C1=CCCC(n2c3c(c4cc(-c5ccc(-c6ccc7c8c(cccc68)-c6ccccc6-7)cc5)ccc42)N=C[C@H]2[I-]C32)=C1. The minimum atomic E-state index is 0.183. The van der Waals surface area contributed by atoms with Crippen LogP contribution >= 0.6 is 0 Å². The summed E-state index contributed by atoms with van der Waals surface area (Å²) >= 11 is 0.183. The Hall–Kier alpha value is -4.22. The number of aromatic nitrogens is 1. The molecule has 0 amide bonds. The van der Waals surface area contributed by atoms with Gasteiger partial charge < -0.3 is 0 Å². The maximum atomic E-state index is 5.05. The van der Waals surface area contributed by atoms with Crippen LogP contribution in [-0.4, -0.2) is 14.7 Å². The molecule has 3 heterocycles. The molecule has 6 aromatic rings. The molecule has 42 heavy (non-hydrogen) atoms. The second kappa shape index (κ2) is 8.65. The summed E-state index contributed by atoms with van der Waals surface area (Å²) in [6.45, 7) is 0. The number of benzene rings is 5. The predicted octanol–water partition coefficient (Wildman–Crippen LogP) is 7.20. The van der Waals surface area contributed by atoms with Crippen LogP contribution in [0.15, 0.2) is 120 Å². The normalized spacial score (nSPS) is 19.3. The number of halogens is 1. The number of aliphatic imine (C=N–C) groups is 1. The van der Waals surface area contributed by atoms with Crippen LogP contribution in [0, 0.1) is 0 Å². The van der Waals surface area contributed by atoms with Crippen LogP contribution < -0.4 is 21.2 Å². The van der Waals surface area contributed by atoms with Crippen molar-refractivity contribution in [2.75, 3.05) is 0 Å². The van der Waals surface area contributed by atoms with Crippen LogP contribution in [0.3, 0.4) is 0 Å². The van der Waals surface area contributed by atoms with Gasteiger partial charge >= 0.3 is 180 Å². The Morgan fingerprint density at radius 3 is 2.29 bits per heavy atom. The number of hydrogen-bond acceptors (Lipinski definition) is 1. The Balaban J connectivity index is 1.07. The van der Waals surface area contributed by atoms with Crippen LogP contribution in [0.5, 0.6) is 0 Å². The van der Waals surface area contributed by atoms with Gasteiger partial charge in [-0.2, -0.15) is 0 Å². The Morgan fingerprint density at radius 2 is 1.45 bits per heavy atom. The van der Waals surface area contributed by atoms with Gasteiger partial charge in [-0.1, -0.05) is 48.5 Å². The van der Waals surface area contributed by atoms with Crippen molar-refractivity contribution in [3.05, 3.63) is 121 Å². The van der Waals surface area contributed by atoms with Gasteiger partial charge in [0.2, 0.25) is 0 Å². The molecule has 0 saturated carbocycles. The monoisotopic (exact) mass is 649 g/mol. The van der Waals surface area contributed by atoms with Gasteiger partial charge in [0.1, 0.15) is 0 Å². The molecule has 1 aromatic heterocycles. The number of allylic oxidation sites excluding steroid dienone is 4. The molecule has 1 fully saturated rings. The van der Waals surface area contributed by atoms with Crippen LogP contribution in [0.4, 0.5) is 5.69 Å². The summed E-state index contributed by atoms with van der Waals surface area (Å²) in [5.41, 5.74) is 15.9. The first-order chi connectivity index (χ1) is 20.8. The third-order valence-electron chi connectivity index (χ3n) is 9.43. The van der Waals surface area contributed by atoms with Crippen molar-refractivity contribution in [1.29, 1.82) is 0 Å². The fourth-order valence-electron chi connectivity index (χ4n) is 7.43. The second-order valence-electron chi connectivity index (χ2n) is 11.7. The third-order valence-corrected chi connectivity index (χ3v) is 12.6. The van der Waals surface area contributed by atoms with Gasteiger partial charge in [-0.05, 0) is 27.6 Å². The summed E-state index contributed by atoms with van der Waals surface area (Å²) in [6.07, 6.45) is 11.3. The number of rotatable bonds is 3. The van der Waals surface area contributed by atoms with Crippen molar-refractivity contribution in [1.82, 2.24) is 4.57 Å². The molecule has 10 rings (SSSR count). The summed E-state index contributed by atoms with van der Waals surface area (Å²) in [4.78, 5) is 5.05. The number of hydrogen-bond donors (Lipinski definition) is 0. The van der Waals surface area contributed by atoms with E-state index >= 15 is 0 Å². The average Bonchev–Trinajstić information content (AvgIpc) is 3.69. The molecule has 0 bridgehead atoms. The molecule has 2 aliphatic carbocycles. The quantitative estimate of drug-likeness (QED) is 0.143. The first kappa shape index (κ1) is 23.4. The van der Waals surface area contributed by atoms with E-state index in [-0.39, 0.29) is 21.2 Å². The zero-order valence-electron chi connectivity index (χ0n) is 22.9. The fraction of sp³-hybridized carbons (Fsp3) is 0.103. The maximum absolute atomic E-state index is 5.05. The van der Waals surface area contributed by atoms with Crippen LogP contribution in [0.2, 0.25) is 0 Å². The van der Waals surface area contributed by atoms with E-state index in [0.29, 0.717) is 0 Å². The van der Waals surface area contributed by atoms with E-state index in [4.69, 9.17) is 4.99 Å². The molecule has 2 atom stereocenters. The number of alkyl halides is 2. The van der Waals surface area contributed by atoms with Crippen molar-refractivity contribution in [2.24, 2.45) is 4.99 Å². The van der Waals surface area contributed by atoms with Gasteiger partial charge in [-0.25, -0.2) is 0 Å². The van der Waals surface area contributed by atoms with Gasteiger partial charge in [0.15, 0.2) is 0 Å². The van der Waals surface area contributed by atoms with E-state index in [1.54, 1.807) is 0 Å². The first-order valence-electron chi connectivity index (χ1n) is 14.8. The second-order valence-corrected chi connectivity index (χ2v) is 15.2. The van der Waals surface area contributed by atoms with Gasteiger partial charge in [-0.3, -0.25) is 0 Å². The Morgan fingerprint density at radius 1 is 0.690 bits per heavy atom. The van der Waals surface area contributed by atoms with E-state index in [2.05, 4.69) is 126 Å². The fourth-order valence-corrected chi connectivity index (χ4v) is 9.87. The van der Waals surface area contributed by atoms with Crippen molar-refractivity contribution < 1.29 is 21.2 Å². The number of fused-ring (bicyclic) bond motifs is 8. The zero-order valence-corrected chi connectivity index (χ0v) is 25.0. The van der Waals surface area contributed by atoms with Gasteiger partial charge in [0.25, 0.3) is 0 Å². The van der Waals surface area contributed by atoms with Crippen molar-refractivity contribution in [3.63, 3.8) is 0 Å².